The molecule has 0 saturated carbocycles. The minimum Gasteiger partial charge on any atom is -0.464 e. The van der Waals surface area contributed by atoms with Crippen LogP contribution in [0, 0.1) is 5.92 Å². The fourth-order valence-corrected chi connectivity index (χ4v) is 2.39. The van der Waals surface area contributed by atoms with E-state index < -0.39 is 5.97 Å². The van der Waals surface area contributed by atoms with E-state index in [4.69, 9.17) is 0 Å². The SMILES string of the molecule is COC(=O)c1ccc(NCC2CCN(C(C)C)C2)nn1. The summed E-state index contributed by atoms with van der Waals surface area (Å²) >= 11 is 0. The number of nitrogens with one attached hydrogen (secondary N) is 1. The molecular formula is C14H22N4O2. The van der Waals surface area contributed by atoms with Crippen LogP contribution in [0.3, 0.4) is 0 Å². The van der Waals surface area contributed by atoms with Crippen LogP contribution in [-0.2, 0) is 4.74 Å². The second kappa shape index (κ2) is 6.65. The Balaban J connectivity index is 1.81. The van der Waals surface area contributed by atoms with Crippen LogP contribution in [0.5, 0.6) is 0 Å². The lowest BCUT2D eigenvalue weighted by Gasteiger charge is -2.20. The summed E-state index contributed by atoms with van der Waals surface area (Å²) in [6.07, 6.45) is 1.21. The zero-order valence-electron chi connectivity index (χ0n) is 12.3. The highest BCUT2D eigenvalue weighted by molar-refractivity contribution is 5.86. The van der Waals surface area contributed by atoms with Gasteiger partial charge in [-0.2, -0.15) is 0 Å². The number of rotatable bonds is 5. The van der Waals surface area contributed by atoms with Crippen LogP contribution >= 0.6 is 0 Å². The van der Waals surface area contributed by atoms with Gasteiger partial charge in [-0.15, -0.1) is 10.2 Å². The van der Waals surface area contributed by atoms with Crippen molar-refractivity contribution in [2.75, 3.05) is 32.1 Å². The Morgan fingerprint density at radius 3 is 2.85 bits per heavy atom. The smallest absolute Gasteiger partial charge is 0.358 e. The Labute approximate surface area is 119 Å². The molecule has 1 unspecified atom stereocenters. The van der Waals surface area contributed by atoms with Crippen LogP contribution in [-0.4, -0.2) is 53.9 Å². The van der Waals surface area contributed by atoms with Crippen molar-refractivity contribution in [1.29, 1.82) is 0 Å². The molecule has 1 aromatic heterocycles. The van der Waals surface area contributed by atoms with Crippen molar-refractivity contribution in [2.24, 2.45) is 5.92 Å². The number of esters is 1. The van der Waals surface area contributed by atoms with Crippen LogP contribution in [0.25, 0.3) is 0 Å². The minimum atomic E-state index is -0.465. The average molecular weight is 278 g/mol. The molecule has 6 nitrogen and oxygen atoms in total. The second-order valence-corrected chi connectivity index (χ2v) is 5.42. The Morgan fingerprint density at radius 1 is 1.50 bits per heavy atom. The van der Waals surface area contributed by atoms with Gasteiger partial charge in [-0.25, -0.2) is 4.79 Å². The van der Waals surface area contributed by atoms with Crippen LogP contribution in [0.1, 0.15) is 30.8 Å². The van der Waals surface area contributed by atoms with Crippen molar-refractivity contribution in [2.45, 2.75) is 26.3 Å². The van der Waals surface area contributed by atoms with Gasteiger partial charge >= 0.3 is 5.97 Å². The highest BCUT2D eigenvalue weighted by Crippen LogP contribution is 2.18. The van der Waals surface area contributed by atoms with Gasteiger partial charge in [0, 0.05) is 19.1 Å². The Morgan fingerprint density at radius 2 is 2.30 bits per heavy atom. The van der Waals surface area contributed by atoms with E-state index in [1.807, 2.05) is 0 Å². The van der Waals surface area contributed by atoms with Crippen LogP contribution in [0.15, 0.2) is 12.1 Å². The number of hydrogen-bond donors (Lipinski definition) is 1. The molecule has 1 aliphatic rings. The number of likely N-dealkylation sites (tertiary alicyclic amines) is 1. The Hall–Kier alpha value is -1.69. The van der Waals surface area contributed by atoms with Gasteiger partial charge in [-0.3, -0.25) is 0 Å². The van der Waals surface area contributed by atoms with Crippen molar-refractivity contribution in [3.63, 3.8) is 0 Å². The molecule has 0 radical (unpaired) electrons. The number of carbonyl (C=O) groups is 1. The summed E-state index contributed by atoms with van der Waals surface area (Å²) in [5, 5.41) is 11.1. The number of aromatic nitrogens is 2. The van der Waals surface area contributed by atoms with Crippen molar-refractivity contribution in [3.05, 3.63) is 17.8 Å². The molecule has 2 rings (SSSR count). The molecular weight excluding hydrogens is 256 g/mol. The maximum absolute atomic E-state index is 11.2. The molecule has 20 heavy (non-hydrogen) atoms. The van der Waals surface area contributed by atoms with E-state index in [2.05, 4.69) is 39.0 Å². The fourth-order valence-electron chi connectivity index (χ4n) is 2.39. The number of hydrogen-bond acceptors (Lipinski definition) is 6. The van der Waals surface area contributed by atoms with Gasteiger partial charge in [0.2, 0.25) is 0 Å². The van der Waals surface area contributed by atoms with E-state index in [0.29, 0.717) is 17.8 Å². The van der Waals surface area contributed by atoms with E-state index in [0.717, 1.165) is 19.6 Å². The van der Waals surface area contributed by atoms with Crippen molar-refractivity contribution < 1.29 is 9.53 Å². The molecule has 1 fully saturated rings. The monoisotopic (exact) mass is 278 g/mol. The van der Waals surface area contributed by atoms with E-state index in [9.17, 15) is 4.79 Å². The standard InChI is InChI=1S/C14H22N4O2/c1-10(2)18-7-6-11(9-18)8-15-13-5-4-12(16-17-13)14(19)20-3/h4-5,10-11H,6-9H2,1-3H3,(H,15,17). The molecule has 2 heterocycles. The van der Waals surface area contributed by atoms with E-state index in [-0.39, 0.29) is 5.69 Å². The second-order valence-electron chi connectivity index (χ2n) is 5.42. The summed E-state index contributed by atoms with van der Waals surface area (Å²) in [5.74, 6) is 0.868. The lowest BCUT2D eigenvalue weighted by molar-refractivity contribution is 0.0593. The van der Waals surface area contributed by atoms with Crippen molar-refractivity contribution in [1.82, 2.24) is 15.1 Å². The van der Waals surface area contributed by atoms with E-state index in [1.165, 1.54) is 13.5 Å². The summed E-state index contributed by atoms with van der Waals surface area (Å²) in [6, 6.07) is 3.99. The molecule has 0 aliphatic carbocycles. The lowest BCUT2D eigenvalue weighted by Crippen LogP contribution is -2.29. The number of methoxy groups -OCH3 is 1. The molecule has 0 amide bonds. The average Bonchev–Trinajstić information content (AvgIpc) is 2.94. The lowest BCUT2D eigenvalue weighted by atomic mass is 10.1. The fraction of sp³-hybridized carbons (Fsp3) is 0.643. The highest BCUT2D eigenvalue weighted by atomic mass is 16.5. The molecule has 6 heteroatoms. The third kappa shape index (κ3) is 3.66. The maximum atomic E-state index is 11.2. The molecule has 1 aromatic rings. The number of carbonyl (C=O) groups excluding carboxylic acids is 1. The first-order valence-electron chi connectivity index (χ1n) is 7.00. The zero-order chi connectivity index (χ0) is 14.5. The largest absolute Gasteiger partial charge is 0.464 e. The van der Waals surface area contributed by atoms with Crippen molar-refractivity contribution in [3.8, 4) is 0 Å². The topological polar surface area (TPSA) is 67.3 Å². The minimum absolute atomic E-state index is 0.227. The van der Waals surface area contributed by atoms with Crippen molar-refractivity contribution >= 4 is 11.8 Å². The summed E-state index contributed by atoms with van der Waals surface area (Å²) in [4.78, 5) is 13.7. The van der Waals surface area contributed by atoms with Gasteiger partial charge in [0.05, 0.1) is 7.11 Å². The zero-order valence-corrected chi connectivity index (χ0v) is 12.3. The molecule has 110 valence electrons. The molecule has 1 N–H and O–H groups in total. The maximum Gasteiger partial charge on any atom is 0.358 e. The van der Waals surface area contributed by atoms with E-state index in [1.54, 1.807) is 12.1 Å². The molecule has 1 saturated heterocycles. The third-order valence-corrected chi connectivity index (χ3v) is 3.68. The van der Waals surface area contributed by atoms with Crippen LogP contribution in [0.2, 0.25) is 0 Å². The first-order chi connectivity index (χ1) is 9.60. The molecule has 0 spiro atoms. The predicted octanol–water partition coefficient (Wildman–Crippen LogP) is 1.41. The summed E-state index contributed by atoms with van der Waals surface area (Å²) in [7, 11) is 1.33. The summed E-state index contributed by atoms with van der Waals surface area (Å²) in [6.45, 7) is 7.63. The first kappa shape index (κ1) is 14.7. The number of anilines is 1. The van der Waals surface area contributed by atoms with Gasteiger partial charge < -0.3 is 15.0 Å². The van der Waals surface area contributed by atoms with Crippen LogP contribution in [0.4, 0.5) is 5.82 Å². The van der Waals surface area contributed by atoms with Gasteiger partial charge in [0.1, 0.15) is 5.82 Å². The third-order valence-electron chi connectivity index (χ3n) is 3.68. The van der Waals surface area contributed by atoms with Gasteiger partial charge in [-0.1, -0.05) is 0 Å². The predicted molar refractivity (Wildman–Crippen MR) is 76.7 cm³/mol. The van der Waals surface area contributed by atoms with Gasteiger partial charge in [0.25, 0.3) is 0 Å². The quantitative estimate of drug-likeness (QED) is 0.821. The van der Waals surface area contributed by atoms with E-state index >= 15 is 0 Å². The Bertz CT molecular complexity index is 447. The van der Waals surface area contributed by atoms with Gasteiger partial charge in [-0.05, 0) is 44.9 Å². The number of ether oxygens (including phenoxy) is 1. The van der Waals surface area contributed by atoms with Crippen LogP contribution < -0.4 is 5.32 Å². The van der Waals surface area contributed by atoms with Gasteiger partial charge in [0.15, 0.2) is 5.69 Å². The highest BCUT2D eigenvalue weighted by Gasteiger charge is 2.23. The molecule has 0 bridgehead atoms. The molecule has 1 aliphatic heterocycles. The molecule has 0 aromatic carbocycles. The molecule has 1 atom stereocenters. The summed E-state index contributed by atoms with van der Waals surface area (Å²) < 4.78 is 4.58. The Kier molecular flexibility index (Phi) is 4.89. The normalized spacial score (nSPS) is 19.3. The summed E-state index contributed by atoms with van der Waals surface area (Å²) in [5.41, 5.74) is 0.227. The first-order valence-corrected chi connectivity index (χ1v) is 7.00. The number of nitrogens with zero attached hydrogens (tertiary/aromatic N) is 3.